The Kier molecular flexibility index (Phi) is 6.52. The number of alkyl halides is 3. The zero-order chi connectivity index (χ0) is 13.6. The van der Waals surface area contributed by atoms with Gasteiger partial charge in [0.05, 0.1) is 5.92 Å². The van der Waals surface area contributed by atoms with Gasteiger partial charge >= 0.3 is 6.18 Å². The third kappa shape index (κ3) is 6.51. The van der Waals surface area contributed by atoms with Gasteiger partial charge in [0.2, 0.25) is 5.91 Å². The maximum atomic E-state index is 12.3. The van der Waals surface area contributed by atoms with Gasteiger partial charge in [0.1, 0.15) is 6.54 Å². The Morgan fingerprint density at radius 2 is 1.88 bits per heavy atom. The van der Waals surface area contributed by atoms with E-state index in [1.807, 2.05) is 13.8 Å². The maximum Gasteiger partial charge on any atom is 0.406 e. The van der Waals surface area contributed by atoms with Crippen molar-refractivity contribution in [3.8, 4) is 0 Å². The number of hydrogen-bond acceptors (Lipinski definition) is 2. The molecule has 0 bridgehead atoms. The Labute approximate surface area is 100 Å². The fourth-order valence-electron chi connectivity index (χ4n) is 1.69. The number of carbonyl (C=O) groups excluding carboxylic acids is 1. The lowest BCUT2D eigenvalue weighted by molar-refractivity contribution is -0.163. The average molecular weight is 254 g/mol. The second-order valence-electron chi connectivity index (χ2n) is 4.53. The summed E-state index contributed by atoms with van der Waals surface area (Å²) in [7, 11) is 0. The van der Waals surface area contributed by atoms with Crippen molar-refractivity contribution in [2.24, 2.45) is 17.6 Å². The summed E-state index contributed by atoms with van der Waals surface area (Å²) in [5, 5.41) is 0. The van der Waals surface area contributed by atoms with E-state index in [0.717, 1.165) is 4.90 Å². The summed E-state index contributed by atoms with van der Waals surface area (Å²) < 4.78 is 36.8. The van der Waals surface area contributed by atoms with Crippen LogP contribution in [0.5, 0.6) is 0 Å². The Hall–Kier alpha value is -0.780. The number of amides is 1. The van der Waals surface area contributed by atoms with Crippen LogP contribution in [0.2, 0.25) is 0 Å². The standard InChI is InChI=1S/C11H21F3N2O/c1-4-16(7-11(12,13)14)10(17)9(6-15)5-8(2)3/h8-9H,4-7,15H2,1-3H3. The van der Waals surface area contributed by atoms with Crippen molar-refractivity contribution in [2.75, 3.05) is 19.6 Å². The van der Waals surface area contributed by atoms with Gasteiger partial charge in [-0.2, -0.15) is 13.2 Å². The number of rotatable bonds is 6. The van der Waals surface area contributed by atoms with Crippen molar-refractivity contribution in [2.45, 2.75) is 33.4 Å². The molecule has 1 unspecified atom stereocenters. The van der Waals surface area contributed by atoms with Gasteiger partial charge < -0.3 is 10.6 Å². The van der Waals surface area contributed by atoms with Gasteiger partial charge in [0.25, 0.3) is 0 Å². The highest BCUT2D eigenvalue weighted by molar-refractivity contribution is 5.79. The largest absolute Gasteiger partial charge is 0.406 e. The van der Waals surface area contributed by atoms with Crippen molar-refractivity contribution in [3.63, 3.8) is 0 Å². The molecule has 0 aliphatic carbocycles. The van der Waals surface area contributed by atoms with Crippen LogP contribution < -0.4 is 5.73 Å². The number of nitrogens with zero attached hydrogens (tertiary/aromatic N) is 1. The molecule has 0 aromatic rings. The van der Waals surface area contributed by atoms with Crippen LogP contribution in [-0.4, -0.2) is 36.6 Å². The summed E-state index contributed by atoms with van der Waals surface area (Å²) in [5.41, 5.74) is 5.45. The van der Waals surface area contributed by atoms with E-state index in [1.54, 1.807) is 0 Å². The zero-order valence-corrected chi connectivity index (χ0v) is 10.5. The van der Waals surface area contributed by atoms with Crippen LogP contribution in [0.4, 0.5) is 13.2 Å². The molecule has 0 spiro atoms. The van der Waals surface area contributed by atoms with Crippen LogP contribution >= 0.6 is 0 Å². The van der Waals surface area contributed by atoms with E-state index in [0.29, 0.717) is 6.42 Å². The summed E-state index contributed by atoms with van der Waals surface area (Å²) in [5.74, 6) is -0.782. The molecule has 0 aromatic heterocycles. The SMILES string of the molecule is CCN(CC(F)(F)F)C(=O)C(CN)CC(C)C. The zero-order valence-electron chi connectivity index (χ0n) is 10.5. The van der Waals surface area contributed by atoms with Crippen LogP contribution in [-0.2, 0) is 4.79 Å². The molecule has 0 radical (unpaired) electrons. The Morgan fingerprint density at radius 1 is 1.35 bits per heavy atom. The van der Waals surface area contributed by atoms with Crippen LogP contribution in [0.25, 0.3) is 0 Å². The van der Waals surface area contributed by atoms with E-state index in [9.17, 15) is 18.0 Å². The topological polar surface area (TPSA) is 46.3 Å². The number of nitrogens with two attached hydrogens (primary N) is 1. The predicted octanol–water partition coefficient (Wildman–Crippen LogP) is 2.02. The third-order valence-electron chi connectivity index (χ3n) is 2.45. The smallest absolute Gasteiger partial charge is 0.334 e. The second-order valence-corrected chi connectivity index (χ2v) is 4.53. The first-order valence-electron chi connectivity index (χ1n) is 5.76. The molecule has 0 aromatic carbocycles. The van der Waals surface area contributed by atoms with Crippen molar-refractivity contribution in [3.05, 3.63) is 0 Å². The fourth-order valence-corrected chi connectivity index (χ4v) is 1.69. The molecule has 0 saturated heterocycles. The van der Waals surface area contributed by atoms with Crippen LogP contribution in [0.1, 0.15) is 27.2 Å². The van der Waals surface area contributed by atoms with Crippen molar-refractivity contribution < 1.29 is 18.0 Å². The van der Waals surface area contributed by atoms with Gasteiger partial charge in [-0.1, -0.05) is 13.8 Å². The van der Waals surface area contributed by atoms with Crippen molar-refractivity contribution in [1.29, 1.82) is 0 Å². The van der Waals surface area contributed by atoms with Gasteiger partial charge in [0, 0.05) is 13.1 Å². The Bertz CT molecular complexity index is 241. The molecule has 0 rings (SSSR count). The predicted molar refractivity (Wildman–Crippen MR) is 60.3 cm³/mol. The minimum atomic E-state index is -4.36. The quantitative estimate of drug-likeness (QED) is 0.788. The molecule has 102 valence electrons. The van der Waals surface area contributed by atoms with E-state index < -0.39 is 24.5 Å². The molecule has 0 aliphatic rings. The average Bonchev–Trinajstić information content (AvgIpc) is 2.20. The molecule has 3 nitrogen and oxygen atoms in total. The Morgan fingerprint density at radius 3 is 2.18 bits per heavy atom. The first-order valence-corrected chi connectivity index (χ1v) is 5.76. The highest BCUT2D eigenvalue weighted by atomic mass is 19.4. The van der Waals surface area contributed by atoms with E-state index >= 15 is 0 Å². The van der Waals surface area contributed by atoms with Gasteiger partial charge in [-0.25, -0.2) is 0 Å². The monoisotopic (exact) mass is 254 g/mol. The molecular weight excluding hydrogens is 233 g/mol. The Balaban J connectivity index is 4.60. The summed E-state index contributed by atoms with van der Waals surface area (Å²) in [6.45, 7) is 4.30. The molecule has 2 N–H and O–H groups in total. The van der Waals surface area contributed by atoms with Crippen LogP contribution in [0.15, 0.2) is 0 Å². The summed E-state index contributed by atoms with van der Waals surface area (Å²) in [4.78, 5) is 12.7. The van der Waals surface area contributed by atoms with Crippen LogP contribution in [0, 0.1) is 11.8 Å². The van der Waals surface area contributed by atoms with Gasteiger partial charge in [-0.15, -0.1) is 0 Å². The molecule has 17 heavy (non-hydrogen) atoms. The molecule has 6 heteroatoms. The highest BCUT2D eigenvalue weighted by Crippen LogP contribution is 2.19. The normalized spacial score (nSPS) is 13.9. The van der Waals surface area contributed by atoms with Gasteiger partial charge in [0.15, 0.2) is 0 Å². The fraction of sp³-hybridized carbons (Fsp3) is 0.909. The summed E-state index contributed by atoms with van der Waals surface area (Å²) in [6.07, 6.45) is -3.84. The number of halogens is 3. The molecule has 1 amide bonds. The van der Waals surface area contributed by atoms with Crippen LogP contribution in [0.3, 0.4) is 0 Å². The van der Waals surface area contributed by atoms with Gasteiger partial charge in [-0.3, -0.25) is 4.79 Å². The lowest BCUT2D eigenvalue weighted by Crippen LogP contribution is -2.44. The number of hydrogen-bond donors (Lipinski definition) is 1. The number of carbonyl (C=O) groups is 1. The summed E-state index contributed by atoms with van der Waals surface area (Å²) in [6, 6.07) is 0. The molecule has 0 saturated carbocycles. The highest BCUT2D eigenvalue weighted by Gasteiger charge is 2.34. The van der Waals surface area contributed by atoms with E-state index in [4.69, 9.17) is 5.73 Å². The van der Waals surface area contributed by atoms with Crippen molar-refractivity contribution >= 4 is 5.91 Å². The molecule has 0 heterocycles. The van der Waals surface area contributed by atoms with E-state index in [2.05, 4.69) is 0 Å². The third-order valence-corrected chi connectivity index (χ3v) is 2.45. The molecule has 0 aliphatic heterocycles. The second kappa shape index (κ2) is 6.83. The molecule has 1 atom stereocenters. The lowest BCUT2D eigenvalue weighted by Gasteiger charge is -2.27. The molecular formula is C11H21F3N2O. The van der Waals surface area contributed by atoms with Crippen molar-refractivity contribution in [1.82, 2.24) is 4.90 Å². The van der Waals surface area contributed by atoms with Gasteiger partial charge in [-0.05, 0) is 19.3 Å². The summed E-state index contributed by atoms with van der Waals surface area (Å²) >= 11 is 0. The first kappa shape index (κ1) is 16.2. The van der Waals surface area contributed by atoms with E-state index in [-0.39, 0.29) is 19.0 Å². The lowest BCUT2D eigenvalue weighted by atomic mass is 9.96. The minimum Gasteiger partial charge on any atom is -0.334 e. The maximum absolute atomic E-state index is 12.3. The first-order chi connectivity index (χ1) is 7.71. The van der Waals surface area contributed by atoms with E-state index in [1.165, 1.54) is 6.92 Å². The minimum absolute atomic E-state index is 0.0486. The molecule has 0 fully saturated rings.